The molecule has 2 aliphatic heterocycles. The minimum atomic E-state index is -0.403. The van der Waals surface area contributed by atoms with E-state index in [1.165, 1.54) is 19.4 Å². The Morgan fingerprint density at radius 1 is 1.28 bits per heavy atom. The minimum Gasteiger partial charge on any atom is -0.373 e. The second kappa shape index (κ2) is 4.97. The molecule has 0 amide bonds. The summed E-state index contributed by atoms with van der Waals surface area (Å²) in [7, 11) is 2.18. The lowest BCUT2D eigenvalue weighted by Gasteiger charge is -2.30. The quantitative estimate of drug-likeness (QED) is 0.850. The Hall–Kier alpha value is -0.940. The summed E-state index contributed by atoms with van der Waals surface area (Å²) in [6.07, 6.45) is 5.89. The molecule has 3 heterocycles. The molecule has 1 N–H and O–H groups in total. The van der Waals surface area contributed by atoms with E-state index >= 15 is 0 Å². The summed E-state index contributed by atoms with van der Waals surface area (Å²) in [4.78, 5) is 2.39. The van der Waals surface area contributed by atoms with Gasteiger partial charge >= 0.3 is 0 Å². The fourth-order valence-electron chi connectivity index (χ4n) is 3.28. The molecule has 5 heteroatoms. The number of rotatable bonds is 2. The first-order valence-electron chi connectivity index (χ1n) is 7.03. The number of aliphatic hydroxyl groups excluding tert-OH is 1. The number of hydrogen-bond acceptors (Lipinski definition) is 4. The van der Waals surface area contributed by atoms with Gasteiger partial charge < -0.3 is 10.0 Å². The topological polar surface area (TPSA) is 54.2 Å². The Morgan fingerprint density at radius 2 is 2.17 bits per heavy atom. The average molecular weight is 250 g/mol. The average Bonchev–Trinajstić information content (AvgIpc) is 2.74. The zero-order valence-electron chi connectivity index (χ0n) is 11.0. The number of piperidine rings is 1. The van der Waals surface area contributed by atoms with Crippen LogP contribution in [0.3, 0.4) is 0 Å². The van der Waals surface area contributed by atoms with Crippen LogP contribution < -0.4 is 0 Å². The van der Waals surface area contributed by atoms with Crippen molar-refractivity contribution < 1.29 is 5.11 Å². The van der Waals surface area contributed by atoms with E-state index in [4.69, 9.17) is 0 Å². The van der Waals surface area contributed by atoms with Crippen molar-refractivity contribution in [3.05, 3.63) is 11.6 Å². The molecule has 0 bridgehead atoms. The molecule has 0 spiro atoms. The molecule has 2 atom stereocenters. The van der Waals surface area contributed by atoms with Crippen molar-refractivity contribution in [1.29, 1.82) is 0 Å². The van der Waals surface area contributed by atoms with Crippen LogP contribution in [0, 0.1) is 5.92 Å². The largest absolute Gasteiger partial charge is 0.373 e. The van der Waals surface area contributed by atoms with E-state index in [0.29, 0.717) is 5.92 Å². The van der Waals surface area contributed by atoms with Crippen LogP contribution >= 0.6 is 0 Å². The van der Waals surface area contributed by atoms with Crippen molar-refractivity contribution in [3.63, 3.8) is 0 Å². The lowest BCUT2D eigenvalue weighted by atomic mass is 9.94. The monoisotopic (exact) mass is 250 g/mol. The molecule has 100 valence electrons. The molecule has 5 nitrogen and oxygen atoms in total. The van der Waals surface area contributed by atoms with Gasteiger partial charge in [-0.3, -0.25) is 4.57 Å². The zero-order valence-corrected chi connectivity index (χ0v) is 11.0. The Bertz CT molecular complexity index is 417. The van der Waals surface area contributed by atoms with Crippen LogP contribution in [-0.2, 0) is 12.8 Å². The summed E-state index contributed by atoms with van der Waals surface area (Å²) in [5, 5.41) is 18.6. The molecule has 1 saturated heterocycles. The van der Waals surface area contributed by atoms with E-state index in [1.54, 1.807) is 0 Å². The van der Waals surface area contributed by atoms with Gasteiger partial charge in [0.25, 0.3) is 0 Å². The Labute approximate surface area is 108 Å². The first-order valence-corrected chi connectivity index (χ1v) is 7.03. The highest BCUT2D eigenvalue weighted by molar-refractivity contribution is 5.02. The molecular weight excluding hydrogens is 228 g/mol. The van der Waals surface area contributed by atoms with Crippen LogP contribution in [0.5, 0.6) is 0 Å². The number of hydrogen-bond donors (Lipinski definition) is 1. The maximum Gasteiger partial charge on any atom is 0.135 e. The van der Waals surface area contributed by atoms with Crippen molar-refractivity contribution in [2.75, 3.05) is 20.1 Å². The van der Waals surface area contributed by atoms with E-state index in [9.17, 15) is 5.11 Å². The molecular formula is C13H22N4O. The number of aromatic nitrogens is 3. The molecule has 3 rings (SSSR count). The normalized spacial score (nSPS) is 29.2. The summed E-state index contributed by atoms with van der Waals surface area (Å²) in [6.45, 7) is 2.34. The van der Waals surface area contributed by atoms with Crippen LogP contribution in [0.4, 0.5) is 0 Å². The van der Waals surface area contributed by atoms with Gasteiger partial charge in [0.1, 0.15) is 17.9 Å². The van der Waals surface area contributed by atoms with Gasteiger partial charge in [-0.05, 0) is 45.2 Å². The molecule has 0 aromatic carbocycles. The van der Waals surface area contributed by atoms with Crippen molar-refractivity contribution in [2.45, 2.75) is 44.8 Å². The first-order chi connectivity index (χ1) is 8.74. The lowest BCUT2D eigenvalue weighted by Crippen LogP contribution is -2.33. The molecule has 1 aromatic heterocycles. The summed E-state index contributed by atoms with van der Waals surface area (Å²) in [5.41, 5.74) is 0. The summed E-state index contributed by atoms with van der Waals surface area (Å²) in [5.74, 6) is 2.61. The van der Waals surface area contributed by atoms with Crippen LogP contribution in [0.25, 0.3) is 0 Å². The van der Waals surface area contributed by atoms with E-state index < -0.39 is 6.23 Å². The Kier molecular flexibility index (Phi) is 3.35. The standard InChI is InChI=1S/C13H22N4O/c1-16-7-3-4-10(9-16)8-12-15-14-11-5-2-6-13(18)17(11)12/h10,13,18H,2-9H2,1H3. The predicted molar refractivity (Wildman–Crippen MR) is 68.1 cm³/mol. The molecule has 0 aliphatic carbocycles. The third-order valence-corrected chi connectivity index (χ3v) is 4.19. The maximum atomic E-state index is 10.1. The zero-order chi connectivity index (χ0) is 12.5. The van der Waals surface area contributed by atoms with Crippen LogP contribution in [0.2, 0.25) is 0 Å². The van der Waals surface area contributed by atoms with Crippen molar-refractivity contribution >= 4 is 0 Å². The van der Waals surface area contributed by atoms with Crippen LogP contribution in [-0.4, -0.2) is 44.9 Å². The highest BCUT2D eigenvalue weighted by Gasteiger charge is 2.25. The van der Waals surface area contributed by atoms with E-state index in [1.807, 2.05) is 4.57 Å². The second-order valence-corrected chi connectivity index (χ2v) is 5.75. The smallest absolute Gasteiger partial charge is 0.135 e. The van der Waals surface area contributed by atoms with Crippen molar-refractivity contribution in [1.82, 2.24) is 19.7 Å². The van der Waals surface area contributed by atoms with Crippen molar-refractivity contribution in [2.24, 2.45) is 5.92 Å². The second-order valence-electron chi connectivity index (χ2n) is 5.75. The Balaban J connectivity index is 1.75. The third kappa shape index (κ3) is 2.29. The molecule has 0 saturated carbocycles. The molecule has 2 aliphatic rings. The van der Waals surface area contributed by atoms with E-state index in [0.717, 1.165) is 43.9 Å². The third-order valence-electron chi connectivity index (χ3n) is 4.19. The van der Waals surface area contributed by atoms with Gasteiger partial charge in [-0.2, -0.15) is 0 Å². The van der Waals surface area contributed by atoms with Crippen molar-refractivity contribution in [3.8, 4) is 0 Å². The SMILES string of the molecule is CN1CCCC(Cc2nnc3n2C(O)CCC3)C1. The molecule has 2 unspecified atom stereocenters. The summed E-state index contributed by atoms with van der Waals surface area (Å²) >= 11 is 0. The Morgan fingerprint density at radius 3 is 3.00 bits per heavy atom. The van der Waals surface area contributed by atoms with Gasteiger partial charge in [-0.15, -0.1) is 10.2 Å². The summed E-state index contributed by atoms with van der Waals surface area (Å²) < 4.78 is 1.97. The van der Waals surface area contributed by atoms with Gasteiger partial charge in [-0.1, -0.05) is 0 Å². The fraction of sp³-hybridized carbons (Fsp3) is 0.846. The molecule has 1 fully saturated rings. The van der Waals surface area contributed by atoms with Crippen LogP contribution in [0.15, 0.2) is 0 Å². The van der Waals surface area contributed by atoms with Gasteiger partial charge in [0.15, 0.2) is 0 Å². The lowest BCUT2D eigenvalue weighted by molar-refractivity contribution is 0.0734. The molecule has 0 radical (unpaired) electrons. The number of nitrogens with zero attached hydrogens (tertiary/aromatic N) is 4. The molecule has 18 heavy (non-hydrogen) atoms. The van der Waals surface area contributed by atoms with E-state index in [2.05, 4.69) is 22.1 Å². The van der Waals surface area contributed by atoms with Gasteiger partial charge in [0.05, 0.1) is 0 Å². The highest BCUT2D eigenvalue weighted by Crippen LogP contribution is 2.26. The van der Waals surface area contributed by atoms with Gasteiger partial charge in [0.2, 0.25) is 0 Å². The molecule has 1 aromatic rings. The minimum absolute atomic E-state index is 0.403. The number of likely N-dealkylation sites (tertiary alicyclic amines) is 1. The van der Waals surface area contributed by atoms with E-state index in [-0.39, 0.29) is 0 Å². The van der Waals surface area contributed by atoms with Gasteiger partial charge in [-0.25, -0.2) is 0 Å². The van der Waals surface area contributed by atoms with Crippen LogP contribution in [0.1, 0.15) is 43.6 Å². The number of aryl methyl sites for hydroxylation is 1. The fourth-order valence-corrected chi connectivity index (χ4v) is 3.28. The highest BCUT2D eigenvalue weighted by atomic mass is 16.3. The maximum absolute atomic E-state index is 10.1. The summed E-state index contributed by atoms with van der Waals surface area (Å²) in [6, 6.07) is 0. The number of aliphatic hydroxyl groups is 1. The number of fused-ring (bicyclic) bond motifs is 1. The first kappa shape index (κ1) is 12.1. The predicted octanol–water partition coefficient (Wildman–Crippen LogP) is 0.990. The van der Waals surface area contributed by atoms with Gasteiger partial charge in [0, 0.05) is 19.4 Å².